The molecule has 7 nitrogen and oxygen atoms in total. The van der Waals surface area contributed by atoms with Crippen LogP contribution < -0.4 is 9.62 Å². The van der Waals surface area contributed by atoms with Gasteiger partial charge in [-0.1, -0.05) is 42.3 Å². The van der Waals surface area contributed by atoms with Crippen LogP contribution in [0.15, 0.2) is 42.5 Å². The number of nitrogens with one attached hydrogen (secondary N) is 1. The molecule has 34 heavy (non-hydrogen) atoms. The number of carbonyl (C=O) groups excluding carboxylic acids is 2. The Morgan fingerprint density at radius 3 is 2.35 bits per heavy atom. The van der Waals surface area contributed by atoms with Crippen LogP contribution in [0, 0.1) is 5.82 Å². The van der Waals surface area contributed by atoms with Crippen molar-refractivity contribution in [1.29, 1.82) is 0 Å². The van der Waals surface area contributed by atoms with Gasteiger partial charge >= 0.3 is 0 Å². The predicted molar refractivity (Wildman–Crippen MR) is 133 cm³/mol. The molecule has 2 aromatic carbocycles. The summed E-state index contributed by atoms with van der Waals surface area (Å²) in [6, 6.07) is 8.61. The maximum atomic E-state index is 13.8. The van der Waals surface area contributed by atoms with Crippen molar-refractivity contribution < 1.29 is 22.4 Å². The van der Waals surface area contributed by atoms with Crippen LogP contribution >= 0.6 is 23.2 Å². The highest BCUT2D eigenvalue weighted by Crippen LogP contribution is 2.24. The topological polar surface area (TPSA) is 86.8 Å². The zero-order chi connectivity index (χ0) is 25.6. The van der Waals surface area contributed by atoms with Crippen LogP contribution in [0.25, 0.3) is 0 Å². The van der Waals surface area contributed by atoms with Gasteiger partial charge in [0.1, 0.15) is 18.4 Å². The second-order valence-electron chi connectivity index (χ2n) is 8.00. The summed E-state index contributed by atoms with van der Waals surface area (Å²) in [6.45, 7) is 4.60. The molecule has 2 atom stereocenters. The van der Waals surface area contributed by atoms with Crippen molar-refractivity contribution in [3.63, 3.8) is 0 Å². The molecule has 1 N–H and O–H groups in total. The third-order valence-electron chi connectivity index (χ3n) is 5.30. The van der Waals surface area contributed by atoms with Crippen LogP contribution in [0.3, 0.4) is 0 Å². The van der Waals surface area contributed by atoms with Gasteiger partial charge in [0.25, 0.3) is 0 Å². The third-order valence-corrected chi connectivity index (χ3v) is 7.03. The summed E-state index contributed by atoms with van der Waals surface area (Å²) in [5, 5.41) is 3.53. The summed E-state index contributed by atoms with van der Waals surface area (Å²) < 4.78 is 39.5. The van der Waals surface area contributed by atoms with Gasteiger partial charge in [-0.25, -0.2) is 12.8 Å². The summed E-state index contributed by atoms with van der Waals surface area (Å²) in [5.41, 5.74) is 0.524. The number of rotatable bonds is 10. The molecule has 0 unspecified atom stereocenters. The van der Waals surface area contributed by atoms with Crippen LogP contribution in [0.5, 0.6) is 0 Å². The Kier molecular flexibility index (Phi) is 9.73. The van der Waals surface area contributed by atoms with Gasteiger partial charge in [0.2, 0.25) is 21.8 Å². The summed E-state index contributed by atoms with van der Waals surface area (Å²) in [4.78, 5) is 27.5. The van der Waals surface area contributed by atoms with Crippen molar-refractivity contribution in [2.24, 2.45) is 0 Å². The zero-order valence-electron chi connectivity index (χ0n) is 19.4. The standard InChI is InChI=1S/C23H28Cl2FN3O4S/c1-5-15(2)27-23(31)16(3)28(13-17-9-10-18(24)11-21(17)25)22(30)14-29(34(4,32)33)20-8-6-7-19(26)12-20/h6-12,15-16H,5,13-14H2,1-4H3,(H,27,31)/t15-,16-/m0/s1. The van der Waals surface area contributed by atoms with Crippen LogP contribution in [-0.4, -0.2) is 50.0 Å². The maximum Gasteiger partial charge on any atom is 0.244 e. The largest absolute Gasteiger partial charge is 0.352 e. The fraction of sp³-hybridized carbons (Fsp3) is 0.391. The number of sulfonamides is 1. The molecule has 2 rings (SSSR count). The van der Waals surface area contributed by atoms with Gasteiger partial charge in [0.05, 0.1) is 11.9 Å². The monoisotopic (exact) mass is 531 g/mol. The highest BCUT2D eigenvalue weighted by Gasteiger charge is 2.31. The second-order valence-corrected chi connectivity index (χ2v) is 10.8. The van der Waals surface area contributed by atoms with E-state index in [1.54, 1.807) is 19.1 Å². The number of hydrogen-bond acceptors (Lipinski definition) is 4. The summed E-state index contributed by atoms with van der Waals surface area (Å²) in [7, 11) is -3.94. The van der Waals surface area contributed by atoms with Crippen LogP contribution in [0.2, 0.25) is 10.0 Å². The highest BCUT2D eigenvalue weighted by molar-refractivity contribution is 7.92. The second kappa shape index (κ2) is 11.9. The average Bonchev–Trinajstić information content (AvgIpc) is 2.75. The number of halogens is 3. The summed E-state index contributed by atoms with van der Waals surface area (Å²) in [5.74, 6) is -1.71. The van der Waals surface area contributed by atoms with Crippen molar-refractivity contribution in [2.45, 2.75) is 45.8 Å². The Balaban J connectivity index is 2.42. The number of hydrogen-bond donors (Lipinski definition) is 1. The Hall–Kier alpha value is -2.36. The SMILES string of the molecule is CC[C@H](C)NC(=O)[C@H](C)N(Cc1ccc(Cl)cc1Cl)C(=O)CN(c1cccc(F)c1)S(C)(=O)=O. The normalized spacial score (nSPS) is 13.1. The van der Waals surface area contributed by atoms with E-state index in [-0.39, 0.29) is 18.3 Å². The van der Waals surface area contributed by atoms with Crippen molar-refractivity contribution >= 4 is 50.7 Å². The van der Waals surface area contributed by atoms with E-state index in [1.807, 2.05) is 13.8 Å². The Morgan fingerprint density at radius 2 is 1.79 bits per heavy atom. The van der Waals surface area contributed by atoms with Gasteiger partial charge in [-0.05, 0) is 56.2 Å². The number of anilines is 1. The quantitative estimate of drug-likeness (QED) is 0.496. The molecule has 0 aromatic heterocycles. The van der Waals surface area contributed by atoms with Crippen molar-refractivity contribution in [2.75, 3.05) is 17.1 Å². The minimum absolute atomic E-state index is 0.00275. The van der Waals surface area contributed by atoms with Crippen molar-refractivity contribution in [1.82, 2.24) is 10.2 Å². The van der Waals surface area contributed by atoms with E-state index in [0.717, 1.165) is 16.6 Å². The van der Waals surface area contributed by atoms with Crippen molar-refractivity contribution in [3.05, 3.63) is 63.9 Å². The lowest BCUT2D eigenvalue weighted by molar-refractivity contribution is -0.139. The molecule has 0 saturated carbocycles. The smallest absolute Gasteiger partial charge is 0.244 e. The van der Waals surface area contributed by atoms with E-state index in [1.165, 1.54) is 29.2 Å². The Morgan fingerprint density at radius 1 is 1.12 bits per heavy atom. The number of amides is 2. The van der Waals surface area contributed by atoms with Gasteiger partial charge < -0.3 is 10.2 Å². The third kappa shape index (κ3) is 7.58. The summed E-state index contributed by atoms with van der Waals surface area (Å²) in [6.07, 6.45) is 1.61. The first kappa shape index (κ1) is 27.9. The number of benzene rings is 2. The lowest BCUT2D eigenvalue weighted by Gasteiger charge is -2.32. The van der Waals surface area contributed by atoms with Crippen LogP contribution in [-0.2, 0) is 26.2 Å². The zero-order valence-corrected chi connectivity index (χ0v) is 21.7. The van der Waals surface area contributed by atoms with Crippen molar-refractivity contribution in [3.8, 4) is 0 Å². The lowest BCUT2D eigenvalue weighted by Crippen LogP contribution is -2.52. The molecule has 0 spiro atoms. The molecule has 2 amide bonds. The first-order valence-electron chi connectivity index (χ1n) is 10.6. The number of nitrogens with zero attached hydrogens (tertiary/aromatic N) is 2. The van der Waals surface area contributed by atoms with Crippen LogP contribution in [0.1, 0.15) is 32.8 Å². The lowest BCUT2D eigenvalue weighted by atomic mass is 10.1. The molecule has 0 saturated heterocycles. The molecular weight excluding hydrogens is 504 g/mol. The molecule has 2 aromatic rings. The maximum absolute atomic E-state index is 13.8. The van der Waals surface area contributed by atoms with Gasteiger partial charge in [-0.15, -0.1) is 0 Å². The van der Waals surface area contributed by atoms with E-state index in [0.29, 0.717) is 22.0 Å². The Labute approximate surface area is 209 Å². The van der Waals surface area contributed by atoms with Gasteiger partial charge in [-0.2, -0.15) is 0 Å². The van der Waals surface area contributed by atoms with E-state index in [4.69, 9.17) is 23.2 Å². The van der Waals surface area contributed by atoms with Gasteiger partial charge in [-0.3, -0.25) is 13.9 Å². The van der Waals surface area contributed by atoms with E-state index < -0.39 is 40.2 Å². The predicted octanol–water partition coefficient (Wildman–Crippen LogP) is 4.23. The highest BCUT2D eigenvalue weighted by atomic mass is 35.5. The fourth-order valence-corrected chi connectivity index (χ4v) is 4.44. The van der Waals surface area contributed by atoms with E-state index in [2.05, 4.69) is 5.32 Å². The molecule has 0 aliphatic rings. The first-order chi connectivity index (χ1) is 15.8. The molecule has 11 heteroatoms. The number of carbonyl (C=O) groups is 2. The molecule has 186 valence electrons. The van der Waals surface area contributed by atoms with Crippen LogP contribution in [0.4, 0.5) is 10.1 Å². The van der Waals surface area contributed by atoms with Gasteiger partial charge in [0, 0.05) is 22.6 Å². The van der Waals surface area contributed by atoms with Gasteiger partial charge in [0.15, 0.2) is 0 Å². The minimum atomic E-state index is -3.94. The minimum Gasteiger partial charge on any atom is -0.352 e. The average molecular weight is 532 g/mol. The molecule has 0 fully saturated rings. The molecule has 0 heterocycles. The molecule has 0 aliphatic heterocycles. The molecule has 0 aliphatic carbocycles. The van der Waals surface area contributed by atoms with E-state index in [9.17, 15) is 22.4 Å². The summed E-state index contributed by atoms with van der Waals surface area (Å²) >= 11 is 12.3. The fourth-order valence-electron chi connectivity index (χ4n) is 3.13. The molecule has 0 bridgehead atoms. The molecule has 0 radical (unpaired) electrons. The molecular formula is C23H28Cl2FN3O4S. The first-order valence-corrected chi connectivity index (χ1v) is 13.2. The Bertz CT molecular complexity index is 1150. The van der Waals surface area contributed by atoms with E-state index >= 15 is 0 Å².